The molecule has 6 nitrogen and oxygen atoms in total. The predicted molar refractivity (Wildman–Crippen MR) is 63.0 cm³/mol. The Morgan fingerprint density at radius 2 is 0.710 bits per heavy atom. The Labute approximate surface area is 159 Å². The van der Waals surface area contributed by atoms with E-state index in [-0.39, 0.29) is 0 Å². The largest absolute Gasteiger partial charge is 0.470 e. The average Bonchev–Trinajstić information content (AvgIpc) is 2.41. The van der Waals surface area contributed by atoms with Crippen LogP contribution in [0.3, 0.4) is 0 Å². The van der Waals surface area contributed by atoms with Crippen molar-refractivity contribution in [3.05, 3.63) is 3.91 Å². The Kier molecular flexibility index (Phi) is 6.87. The van der Waals surface area contributed by atoms with Crippen LogP contribution in [0.15, 0.2) is 0 Å². The molecule has 0 aliphatic carbocycles. The summed E-state index contributed by atoms with van der Waals surface area (Å²) in [6.45, 7) is 0. The summed E-state index contributed by atoms with van der Waals surface area (Å²) in [5, 5.41) is -16.4. The lowest BCUT2D eigenvalue weighted by molar-refractivity contribution is -0.332. The minimum absolute atomic E-state index is 5.68. The summed E-state index contributed by atoms with van der Waals surface area (Å²) in [6, 6.07) is 0. The lowest BCUT2D eigenvalue weighted by atomic mass is 10.3. The van der Waals surface area contributed by atoms with E-state index < -0.39 is 67.7 Å². The molecule has 0 spiro atoms. The highest BCUT2D eigenvalue weighted by atomic mass is 32.3. The molecule has 0 amide bonds. The van der Waals surface area contributed by atoms with Crippen molar-refractivity contribution in [3.8, 4) is 0 Å². The molecule has 0 saturated heterocycles. The normalized spacial score (nSPS) is 16.6. The molecular weight excluding hydrogens is 561 g/mol. The van der Waals surface area contributed by atoms with Gasteiger partial charge in [0.2, 0.25) is 0 Å². The summed E-state index contributed by atoms with van der Waals surface area (Å²) in [5.74, 6) is -8.20. The molecule has 0 bridgehead atoms. The van der Waals surface area contributed by atoms with E-state index in [9.17, 15) is 91.1 Å². The number of rotatable bonds is 6. The molecule has 0 atom stereocenters. The third-order valence-corrected chi connectivity index (χ3v) is 10.4. The SMILES string of the molecule is O=S(=O)([C-](S(=O)(=O)C(F)(F)C(F)(F)F)S(=O)(=O)C(F)(F)C(F)(F)C(F)(F)F)C(F)(F)F. The number of sulfone groups is 3. The van der Waals surface area contributed by atoms with Gasteiger partial charge in [0.25, 0.3) is 0 Å². The quantitative estimate of drug-likeness (QED) is 0.365. The number of halogens is 15. The second kappa shape index (κ2) is 7.15. The summed E-state index contributed by atoms with van der Waals surface area (Å²) in [6.07, 6.45) is -15.6. The van der Waals surface area contributed by atoms with Crippen LogP contribution in [-0.2, 0) is 29.5 Å². The molecule has 188 valence electrons. The highest BCUT2D eigenvalue weighted by Gasteiger charge is 2.80. The van der Waals surface area contributed by atoms with E-state index in [1.807, 2.05) is 0 Å². The highest BCUT2D eigenvalue weighted by molar-refractivity contribution is 8.29. The molecule has 0 aliphatic heterocycles. The standard InChI is InChI=1S/C7F15O6S3/c8-2(9,3(10,11)12)5(16,17)29(23,24)1(31(27,28)7(20,21)22)30(25,26)6(18,19)4(13,14)15/q-1. The molecule has 0 unspecified atom stereocenters. The van der Waals surface area contributed by atoms with Gasteiger partial charge in [-0.15, -0.1) is 0 Å². The molecule has 0 aromatic rings. The van der Waals surface area contributed by atoms with Crippen LogP contribution < -0.4 is 0 Å². The van der Waals surface area contributed by atoms with Crippen LogP contribution in [0, 0.1) is 3.91 Å². The first-order valence-electron chi connectivity index (χ1n) is 5.81. The zero-order valence-electron chi connectivity index (χ0n) is 12.8. The van der Waals surface area contributed by atoms with Crippen LogP contribution in [0.5, 0.6) is 0 Å². The first kappa shape index (κ1) is 29.8. The predicted octanol–water partition coefficient (Wildman–Crippen LogP) is 3.14. The Morgan fingerprint density at radius 1 is 0.419 bits per heavy atom. The van der Waals surface area contributed by atoms with Crippen LogP contribution in [0.1, 0.15) is 0 Å². The Morgan fingerprint density at radius 3 is 0.935 bits per heavy atom. The van der Waals surface area contributed by atoms with E-state index in [0.717, 1.165) is 0 Å². The molecular formula is C7F15O6S3-. The summed E-state index contributed by atoms with van der Waals surface area (Å²) in [7, 11) is -27.4. The van der Waals surface area contributed by atoms with Crippen molar-refractivity contribution in [1.29, 1.82) is 0 Å². The van der Waals surface area contributed by atoms with Gasteiger partial charge < -0.3 is 0 Å². The second-order valence-corrected chi connectivity index (χ2v) is 11.3. The van der Waals surface area contributed by atoms with E-state index in [0.29, 0.717) is 0 Å². The zero-order valence-corrected chi connectivity index (χ0v) is 15.3. The third kappa shape index (κ3) is 4.13. The van der Waals surface area contributed by atoms with Gasteiger partial charge >= 0.3 is 34.3 Å². The van der Waals surface area contributed by atoms with Crippen LogP contribution in [0.25, 0.3) is 0 Å². The lowest BCUT2D eigenvalue weighted by Gasteiger charge is -2.38. The van der Waals surface area contributed by atoms with E-state index in [1.165, 1.54) is 0 Å². The van der Waals surface area contributed by atoms with Crippen LogP contribution >= 0.6 is 0 Å². The van der Waals surface area contributed by atoms with E-state index in [1.54, 1.807) is 0 Å². The van der Waals surface area contributed by atoms with Gasteiger partial charge in [-0.3, -0.25) is 25.3 Å². The monoisotopic (exact) mass is 561 g/mol. The van der Waals surface area contributed by atoms with Gasteiger partial charge in [-0.25, -0.2) is 0 Å². The Balaban J connectivity index is 7.72. The van der Waals surface area contributed by atoms with Crippen LogP contribution in [0.4, 0.5) is 65.9 Å². The molecule has 0 aromatic carbocycles. The van der Waals surface area contributed by atoms with Crippen molar-refractivity contribution in [2.45, 2.75) is 34.3 Å². The van der Waals surface area contributed by atoms with Gasteiger partial charge in [-0.1, -0.05) is 0 Å². The Bertz CT molecular complexity index is 1010. The minimum Gasteiger partial charge on any atom is -0.254 e. The molecule has 0 heterocycles. The summed E-state index contributed by atoms with van der Waals surface area (Å²) < 4.78 is 249. The Hall–Kier alpha value is -1.20. The van der Waals surface area contributed by atoms with Gasteiger partial charge in [-0.2, -0.15) is 65.9 Å². The maximum absolute atomic E-state index is 13.4. The van der Waals surface area contributed by atoms with Gasteiger partial charge in [0.15, 0.2) is 9.84 Å². The van der Waals surface area contributed by atoms with Crippen molar-refractivity contribution in [2.75, 3.05) is 0 Å². The van der Waals surface area contributed by atoms with Gasteiger partial charge in [-0.05, 0) is 0 Å². The molecule has 0 N–H and O–H groups in total. The maximum atomic E-state index is 13.4. The van der Waals surface area contributed by atoms with Gasteiger partial charge in [0.1, 0.15) is 19.7 Å². The van der Waals surface area contributed by atoms with Crippen molar-refractivity contribution in [1.82, 2.24) is 0 Å². The first-order chi connectivity index (χ1) is 12.9. The zero-order chi connectivity index (χ0) is 26.1. The fourth-order valence-electron chi connectivity index (χ4n) is 1.22. The lowest BCUT2D eigenvalue weighted by Crippen LogP contribution is -2.60. The molecule has 24 heteroatoms. The molecule has 0 saturated carbocycles. The first-order valence-corrected chi connectivity index (χ1v) is 10.3. The summed E-state index contributed by atoms with van der Waals surface area (Å²) in [5.41, 5.74) is -7.69. The third-order valence-electron chi connectivity index (χ3n) is 2.69. The molecule has 0 fully saturated rings. The molecule has 0 aromatic heterocycles. The number of alkyl halides is 15. The molecule has 0 aliphatic rings. The van der Waals surface area contributed by atoms with Gasteiger partial charge in [0, 0.05) is 0 Å². The second-order valence-electron chi connectivity index (χ2n) is 4.81. The van der Waals surface area contributed by atoms with Crippen LogP contribution in [-0.4, -0.2) is 59.5 Å². The van der Waals surface area contributed by atoms with Crippen molar-refractivity contribution in [2.24, 2.45) is 0 Å². The smallest absolute Gasteiger partial charge is 0.254 e. The van der Waals surface area contributed by atoms with Gasteiger partial charge in [0.05, 0.1) is 3.91 Å². The van der Waals surface area contributed by atoms with Crippen LogP contribution in [0.2, 0.25) is 0 Å². The summed E-state index contributed by atoms with van der Waals surface area (Å²) in [4.78, 5) is 0. The average molecular weight is 561 g/mol. The topological polar surface area (TPSA) is 102 Å². The van der Waals surface area contributed by atoms with Crippen molar-refractivity contribution in [3.63, 3.8) is 0 Å². The molecule has 0 radical (unpaired) electrons. The number of hydrogen-bond donors (Lipinski definition) is 0. The minimum atomic E-state index is -9.35. The van der Waals surface area contributed by atoms with E-state index in [2.05, 4.69) is 0 Å². The van der Waals surface area contributed by atoms with E-state index in [4.69, 9.17) is 0 Å². The fourth-order valence-corrected chi connectivity index (χ4v) is 7.88. The summed E-state index contributed by atoms with van der Waals surface area (Å²) >= 11 is 0. The van der Waals surface area contributed by atoms with Crippen molar-refractivity contribution < 1.29 is 91.1 Å². The van der Waals surface area contributed by atoms with E-state index >= 15 is 0 Å². The molecule has 0 rings (SSSR count). The molecule has 31 heavy (non-hydrogen) atoms. The van der Waals surface area contributed by atoms with Crippen molar-refractivity contribution >= 4 is 29.5 Å². The number of hydrogen-bond acceptors (Lipinski definition) is 6. The maximum Gasteiger partial charge on any atom is 0.470 e. The fraction of sp³-hybridized carbons (Fsp3) is 0.857. The highest BCUT2D eigenvalue weighted by Crippen LogP contribution is 2.56.